The number of Topliss-reactive ketones (excluding diaryl/α,β-unsaturated/α-hetero) is 1. The first kappa shape index (κ1) is 22.9. The second-order valence-electron chi connectivity index (χ2n) is 6.90. The lowest BCUT2D eigenvalue weighted by molar-refractivity contribution is -0.137. The Labute approximate surface area is 181 Å². The molecular formula is C22H20F3N3O4. The largest absolute Gasteiger partial charge is 0.507 e. The van der Waals surface area contributed by atoms with E-state index in [-0.39, 0.29) is 36.3 Å². The molecule has 0 aliphatic heterocycles. The molecule has 2 aromatic carbocycles. The van der Waals surface area contributed by atoms with Crippen LogP contribution in [0.1, 0.15) is 34.2 Å². The number of carbonyl (C=O) groups is 1. The summed E-state index contributed by atoms with van der Waals surface area (Å²) in [4.78, 5) is 21.2. The molecule has 0 saturated heterocycles. The molecule has 0 aliphatic carbocycles. The molecule has 0 bridgehead atoms. The van der Waals surface area contributed by atoms with E-state index in [4.69, 9.17) is 9.57 Å². The second-order valence-corrected chi connectivity index (χ2v) is 6.90. The van der Waals surface area contributed by atoms with Crippen molar-refractivity contribution in [3.05, 3.63) is 77.4 Å². The number of ketones is 1. The third-order valence-corrected chi connectivity index (χ3v) is 4.51. The number of phenols is 1. The van der Waals surface area contributed by atoms with Crippen LogP contribution in [0.15, 0.2) is 60.0 Å². The van der Waals surface area contributed by atoms with Crippen LogP contribution >= 0.6 is 0 Å². The zero-order valence-electron chi connectivity index (χ0n) is 17.3. The van der Waals surface area contributed by atoms with Gasteiger partial charge >= 0.3 is 6.18 Å². The third-order valence-electron chi connectivity index (χ3n) is 4.51. The van der Waals surface area contributed by atoms with Crippen molar-refractivity contribution < 1.29 is 32.6 Å². The van der Waals surface area contributed by atoms with Crippen molar-refractivity contribution in [1.29, 1.82) is 0 Å². The number of phenolic OH excluding ortho intramolecular Hbond substituents is 1. The van der Waals surface area contributed by atoms with Crippen molar-refractivity contribution in [2.75, 3.05) is 6.61 Å². The molecular weight excluding hydrogens is 427 g/mol. The summed E-state index contributed by atoms with van der Waals surface area (Å²) >= 11 is 0. The molecule has 3 aromatic rings. The Balaban J connectivity index is 1.57. The number of aryl methyl sites for hydroxylation is 1. The van der Waals surface area contributed by atoms with Gasteiger partial charge in [0.2, 0.25) is 5.78 Å². The summed E-state index contributed by atoms with van der Waals surface area (Å²) < 4.78 is 44.8. The van der Waals surface area contributed by atoms with Gasteiger partial charge in [-0.25, -0.2) is 4.98 Å². The molecule has 1 heterocycles. The van der Waals surface area contributed by atoms with Gasteiger partial charge < -0.3 is 19.2 Å². The Morgan fingerprint density at radius 2 is 1.91 bits per heavy atom. The van der Waals surface area contributed by atoms with Crippen molar-refractivity contribution in [1.82, 2.24) is 9.55 Å². The smallest absolute Gasteiger partial charge is 0.416 e. The molecule has 32 heavy (non-hydrogen) atoms. The minimum atomic E-state index is -4.40. The normalized spacial score (nSPS) is 12.0. The van der Waals surface area contributed by atoms with Gasteiger partial charge in [0.05, 0.1) is 11.3 Å². The Kier molecular flexibility index (Phi) is 6.82. The number of hydrogen-bond donors (Lipinski definition) is 1. The van der Waals surface area contributed by atoms with E-state index in [1.165, 1.54) is 24.4 Å². The SMILES string of the molecule is CC(=NOCc1ccc(C(F)(F)F)cc1)c1ccc(OCC(=O)c2nccn2C)cc1O. The molecule has 0 spiro atoms. The average Bonchev–Trinajstić information content (AvgIpc) is 3.17. The van der Waals surface area contributed by atoms with E-state index in [2.05, 4.69) is 10.1 Å². The summed E-state index contributed by atoms with van der Waals surface area (Å²) in [6.07, 6.45) is -1.24. The molecule has 0 saturated carbocycles. The fourth-order valence-corrected chi connectivity index (χ4v) is 2.80. The van der Waals surface area contributed by atoms with Gasteiger partial charge in [-0.1, -0.05) is 17.3 Å². The van der Waals surface area contributed by atoms with E-state index in [1.807, 2.05) is 0 Å². The molecule has 0 atom stereocenters. The molecule has 0 aliphatic rings. The summed E-state index contributed by atoms with van der Waals surface area (Å²) in [5.41, 5.74) is 0.500. The lowest BCUT2D eigenvalue weighted by atomic mass is 10.1. The lowest BCUT2D eigenvalue weighted by Crippen LogP contribution is -2.16. The minimum absolute atomic E-state index is 0.0350. The van der Waals surface area contributed by atoms with Crippen molar-refractivity contribution in [3.8, 4) is 11.5 Å². The van der Waals surface area contributed by atoms with Crippen molar-refractivity contribution >= 4 is 11.5 Å². The standard InChI is InChI=1S/C22H20F3N3O4/c1-14(27-32-12-15-3-5-16(6-4-15)22(23,24)25)18-8-7-17(11-19(18)29)31-13-20(30)21-26-9-10-28(21)2/h3-11,29H,12-13H2,1-2H3. The van der Waals surface area contributed by atoms with Crippen LogP contribution in [-0.2, 0) is 24.7 Å². The minimum Gasteiger partial charge on any atom is -0.507 e. The Hall–Kier alpha value is -3.82. The molecule has 10 heteroatoms. The molecule has 1 N–H and O–H groups in total. The van der Waals surface area contributed by atoms with Crippen LogP contribution in [0.2, 0.25) is 0 Å². The van der Waals surface area contributed by atoms with Gasteiger partial charge in [-0.05, 0) is 36.8 Å². The van der Waals surface area contributed by atoms with Crippen LogP contribution < -0.4 is 4.74 Å². The van der Waals surface area contributed by atoms with Gasteiger partial charge in [-0.15, -0.1) is 0 Å². The number of carbonyl (C=O) groups excluding carboxylic acids is 1. The van der Waals surface area contributed by atoms with Crippen molar-refractivity contribution in [2.24, 2.45) is 12.2 Å². The predicted octanol–water partition coefficient (Wildman–Crippen LogP) is 4.35. The van der Waals surface area contributed by atoms with Crippen LogP contribution in [0.3, 0.4) is 0 Å². The van der Waals surface area contributed by atoms with Gasteiger partial charge in [0.1, 0.15) is 18.1 Å². The Bertz CT molecular complexity index is 1120. The highest BCUT2D eigenvalue weighted by molar-refractivity contribution is 6.00. The van der Waals surface area contributed by atoms with E-state index < -0.39 is 11.7 Å². The zero-order chi connectivity index (χ0) is 23.3. The second kappa shape index (κ2) is 9.54. The summed E-state index contributed by atoms with van der Waals surface area (Å²) in [6.45, 7) is 1.33. The maximum absolute atomic E-state index is 12.6. The van der Waals surface area contributed by atoms with Crippen LogP contribution in [-0.4, -0.2) is 32.8 Å². The fourth-order valence-electron chi connectivity index (χ4n) is 2.80. The molecule has 0 unspecified atom stereocenters. The highest BCUT2D eigenvalue weighted by Gasteiger charge is 2.29. The summed E-state index contributed by atoms with van der Waals surface area (Å²) in [5, 5.41) is 14.2. The molecule has 3 rings (SSSR count). The van der Waals surface area contributed by atoms with Crippen LogP contribution in [0.25, 0.3) is 0 Å². The van der Waals surface area contributed by atoms with Crippen molar-refractivity contribution in [3.63, 3.8) is 0 Å². The van der Waals surface area contributed by atoms with Gasteiger partial charge in [-0.2, -0.15) is 13.2 Å². The van der Waals surface area contributed by atoms with Gasteiger partial charge in [0, 0.05) is 31.1 Å². The molecule has 0 amide bonds. The number of alkyl halides is 3. The number of benzene rings is 2. The average molecular weight is 447 g/mol. The number of halogens is 3. The van der Waals surface area contributed by atoms with Gasteiger partial charge in [-0.3, -0.25) is 4.79 Å². The molecule has 7 nitrogen and oxygen atoms in total. The predicted molar refractivity (Wildman–Crippen MR) is 110 cm³/mol. The molecule has 1 aromatic heterocycles. The number of aromatic hydroxyl groups is 1. The van der Waals surface area contributed by atoms with Gasteiger partial charge in [0.25, 0.3) is 0 Å². The number of hydrogen-bond acceptors (Lipinski definition) is 6. The number of rotatable bonds is 8. The van der Waals surface area contributed by atoms with Crippen LogP contribution in [0.4, 0.5) is 13.2 Å². The summed E-state index contributed by atoms with van der Waals surface area (Å²) in [7, 11) is 1.70. The maximum Gasteiger partial charge on any atom is 0.416 e. The highest BCUT2D eigenvalue weighted by atomic mass is 19.4. The zero-order valence-corrected chi connectivity index (χ0v) is 17.3. The number of nitrogens with zero attached hydrogens (tertiary/aromatic N) is 3. The quantitative estimate of drug-likeness (QED) is 0.315. The van der Waals surface area contributed by atoms with Crippen LogP contribution in [0, 0.1) is 0 Å². The first-order chi connectivity index (χ1) is 15.1. The molecule has 168 valence electrons. The third kappa shape index (κ3) is 5.65. The van der Waals surface area contributed by atoms with E-state index >= 15 is 0 Å². The number of imidazole rings is 1. The van der Waals surface area contributed by atoms with Gasteiger partial charge in [0.15, 0.2) is 12.4 Å². The Morgan fingerprint density at radius 3 is 2.50 bits per heavy atom. The first-order valence-corrected chi connectivity index (χ1v) is 9.44. The first-order valence-electron chi connectivity index (χ1n) is 9.44. The van der Waals surface area contributed by atoms with E-state index in [0.29, 0.717) is 16.8 Å². The Morgan fingerprint density at radius 1 is 1.19 bits per heavy atom. The maximum atomic E-state index is 12.6. The van der Waals surface area contributed by atoms with E-state index in [0.717, 1.165) is 12.1 Å². The fraction of sp³-hybridized carbons (Fsp3) is 0.227. The number of ether oxygens (including phenoxy) is 1. The van der Waals surface area contributed by atoms with E-state index in [1.54, 1.807) is 36.9 Å². The molecule has 0 fully saturated rings. The number of aromatic nitrogens is 2. The molecule has 0 radical (unpaired) electrons. The van der Waals surface area contributed by atoms with E-state index in [9.17, 15) is 23.1 Å². The summed E-state index contributed by atoms with van der Waals surface area (Å²) in [5.74, 6) is 0.105. The number of oxime groups is 1. The summed E-state index contributed by atoms with van der Waals surface area (Å²) in [6, 6.07) is 9.02. The topological polar surface area (TPSA) is 85.9 Å². The highest BCUT2D eigenvalue weighted by Crippen LogP contribution is 2.29. The lowest BCUT2D eigenvalue weighted by Gasteiger charge is -2.09. The van der Waals surface area contributed by atoms with Crippen molar-refractivity contribution in [2.45, 2.75) is 19.7 Å². The monoisotopic (exact) mass is 447 g/mol. The van der Waals surface area contributed by atoms with Crippen LogP contribution in [0.5, 0.6) is 11.5 Å².